The lowest BCUT2D eigenvalue weighted by Gasteiger charge is -2.31. The number of rotatable bonds is 3. The number of hydrogen-bond acceptors (Lipinski definition) is 1. The monoisotopic (exact) mass is 712 g/mol. The van der Waals surface area contributed by atoms with E-state index in [1.807, 2.05) is 0 Å². The highest BCUT2D eigenvalue weighted by atomic mass is 15.3. The Balaban J connectivity index is 1.18. The number of para-hydroxylation sites is 1. The van der Waals surface area contributed by atoms with Crippen molar-refractivity contribution >= 4 is 32.3 Å². The minimum absolute atomic E-state index is 0.441. The molecule has 0 unspecified atom stereocenters. The van der Waals surface area contributed by atoms with Crippen molar-refractivity contribution < 1.29 is 0 Å². The smallest absolute Gasteiger partial charge is 0.0725 e. The predicted octanol–water partition coefficient (Wildman–Crippen LogP) is 13.6. The summed E-state index contributed by atoms with van der Waals surface area (Å²) in [4.78, 5) is 0. The van der Waals surface area contributed by atoms with Crippen molar-refractivity contribution in [1.29, 1.82) is 0 Å². The zero-order valence-electron chi connectivity index (χ0n) is 31.2. The van der Waals surface area contributed by atoms with Gasteiger partial charge >= 0.3 is 0 Å². The molecule has 262 valence electrons. The molecule has 2 aliphatic rings. The fraction of sp³-hybridized carbons (Fsp3) is 0.0556. The molecular formula is C54H36N2. The van der Waals surface area contributed by atoms with Crippen molar-refractivity contribution in [2.45, 2.75) is 19.3 Å². The van der Waals surface area contributed by atoms with E-state index in [0.29, 0.717) is 0 Å². The van der Waals surface area contributed by atoms with Gasteiger partial charge in [-0.3, -0.25) is 0 Å². The molecule has 1 heterocycles. The molecule has 0 saturated heterocycles. The maximum absolute atomic E-state index is 5.13. The first-order valence-electron chi connectivity index (χ1n) is 19.6. The molecular weight excluding hydrogens is 677 g/mol. The van der Waals surface area contributed by atoms with E-state index in [4.69, 9.17) is 5.10 Å². The number of fused-ring (bicyclic) bond motifs is 14. The van der Waals surface area contributed by atoms with Crippen LogP contribution in [0.25, 0.3) is 82.5 Å². The van der Waals surface area contributed by atoms with Gasteiger partial charge in [0, 0.05) is 16.8 Å². The summed E-state index contributed by atoms with van der Waals surface area (Å²) in [5, 5.41) is 12.7. The first-order chi connectivity index (χ1) is 27.6. The highest BCUT2D eigenvalue weighted by Crippen LogP contribution is 2.64. The fourth-order valence-corrected chi connectivity index (χ4v) is 10.6. The van der Waals surface area contributed by atoms with E-state index in [9.17, 15) is 0 Å². The van der Waals surface area contributed by atoms with Gasteiger partial charge in [-0.15, -0.1) is 0 Å². The highest BCUT2D eigenvalue weighted by Gasteiger charge is 2.52. The molecule has 0 aliphatic heterocycles. The standard InChI is InChI=1S/C54H36N2/c1-33-50(34(2)56(55-33)37-17-4-3-5-18-37)53-43-24-10-8-22-41(43)51(42-23-9-11-25-44(42)53)36-28-30-45-49(32-36)54(48-31-29-35-16-6-7-19-38(35)52(45)48)46-26-14-12-20-39(46)40-21-13-15-27-47(40)54/h3-32H,1-2H3. The number of aryl methyl sites for hydroxylation is 1. The van der Waals surface area contributed by atoms with Crippen molar-refractivity contribution in [3.8, 4) is 50.2 Å². The van der Waals surface area contributed by atoms with Crippen LogP contribution in [-0.2, 0) is 5.41 Å². The summed E-state index contributed by atoms with van der Waals surface area (Å²) in [7, 11) is 0. The van der Waals surface area contributed by atoms with E-state index in [2.05, 4.69) is 201 Å². The van der Waals surface area contributed by atoms with Gasteiger partial charge < -0.3 is 0 Å². The molecule has 0 fully saturated rings. The Hall–Kier alpha value is -7.03. The van der Waals surface area contributed by atoms with E-state index in [1.165, 1.54) is 99.1 Å². The highest BCUT2D eigenvalue weighted by molar-refractivity contribution is 6.22. The summed E-state index contributed by atoms with van der Waals surface area (Å²) in [6, 6.07) is 67.6. The van der Waals surface area contributed by atoms with Crippen LogP contribution < -0.4 is 0 Å². The van der Waals surface area contributed by atoms with Gasteiger partial charge in [0.15, 0.2) is 0 Å². The van der Waals surface area contributed by atoms with Crippen molar-refractivity contribution in [2.75, 3.05) is 0 Å². The van der Waals surface area contributed by atoms with Gasteiger partial charge in [0.2, 0.25) is 0 Å². The Morgan fingerprint density at radius 1 is 0.393 bits per heavy atom. The van der Waals surface area contributed by atoms with Crippen LogP contribution in [-0.4, -0.2) is 9.78 Å². The molecule has 0 bridgehead atoms. The Morgan fingerprint density at radius 3 is 1.61 bits per heavy atom. The number of nitrogens with zero attached hydrogens (tertiary/aromatic N) is 2. The molecule has 1 aromatic heterocycles. The van der Waals surface area contributed by atoms with Crippen molar-refractivity contribution in [3.63, 3.8) is 0 Å². The van der Waals surface area contributed by atoms with Gasteiger partial charge in [0.25, 0.3) is 0 Å². The van der Waals surface area contributed by atoms with Gasteiger partial charge in [0.1, 0.15) is 0 Å². The minimum atomic E-state index is -0.441. The normalized spacial score (nSPS) is 13.3. The molecule has 2 heteroatoms. The molecule has 10 aromatic rings. The van der Waals surface area contributed by atoms with Crippen molar-refractivity contribution in [3.05, 3.63) is 216 Å². The van der Waals surface area contributed by atoms with Crippen LogP contribution >= 0.6 is 0 Å². The Labute approximate surface area is 326 Å². The molecule has 9 aromatic carbocycles. The van der Waals surface area contributed by atoms with Gasteiger partial charge in [-0.2, -0.15) is 5.10 Å². The quantitative estimate of drug-likeness (QED) is 0.167. The van der Waals surface area contributed by atoms with Gasteiger partial charge in [-0.1, -0.05) is 164 Å². The summed E-state index contributed by atoms with van der Waals surface area (Å²) >= 11 is 0. The molecule has 0 saturated carbocycles. The molecule has 56 heavy (non-hydrogen) atoms. The molecule has 12 rings (SSSR count). The van der Waals surface area contributed by atoms with Crippen LogP contribution in [0.2, 0.25) is 0 Å². The van der Waals surface area contributed by atoms with Gasteiger partial charge in [-0.05, 0) is 120 Å². The predicted molar refractivity (Wildman–Crippen MR) is 233 cm³/mol. The molecule has 0 radical (unpaired) electrons. The second kappa shape index (κ2) is 11.5. The third kappa shape index (κ3) is 3.98. The molecule has 2 aliphatic carbocycles. The van der Waals surface area contributed by atoms with Gasteiger partial charge in [-0.25, -0.2) is 4.68 Å². The topological polar surface area (TPSA) is 17.8 Å². The largest absolute Gasteiger partial charge is 0.237 e. The van der Waals surface area contributed by atoms with E-state index < -0.39 is 5.41 Å². The summed E-state index contributed by atoms with van der Waals surface area (Å²) in [6.07, 6.45) is 0. The van der Waals surface area contributed by atoms with Crippen LogP contribution in [0.1, 0.15) is 33.6 Å². The first kappa shape index (κ1) is 31.3. The summed E-state index contributed by atoms with van der Waals surface area (Å²) < 4.78 is 2.10. The van der Waals surface area contributed by atoms with Crippen LogP contribution in [0.4, 0.5) is 0 Å². The lowest BCUT2D eigenvalue weighted by atomic mass is 9.70. The maximum Gasteiger partial charge on any atom is 0.0725 e. The first-order valence-corrected chi connectivity index (χ1v) is 19.6. The number of aromatic nitrogens is 2. The van der Waals surface area contributed by atoms with Crippen molar-refractivity contribution in [2.24, 2.45) is 0 Å². The average molecular weight is 713 g/mol. The fourth-order valence-electron chi connectivity index (χ4n) is 10.6. The molecule has 0 amide bonds. The zero-order chi connectivity index (χ0) is 37.1. The zero-order valence-corrected chi connectivity index (χ0v) is 31.2. The average Bonchev–Trinajstić information content (AvgIpc) is 3.84. The maximum atomic E-state index is 5.13. The van der Waals surface area contributed by atoms with E-state index in [0.717, 1.165) is 17.1 Å². The lowest BCUT2D eigenvalue weighted by Crippen LogP contribution is -2.25. The molecule has 0 atom stereocenters. The Kier molecular flexibility index (Phi) is 6.43. The second-order valence-corrected chi connectivity index (χ2v) is 15.4. The SMILES string of the molecule is Cc1nn(-c2ccccc2)c(C)c1-c1c2ccccc2c(-c2ccc3c(c2)C2(c4ccccc4-c4ccccc42)c2ccc4ccccc4c2-3)c2ccccc12. The van der Waals surface area contributed by atoms with Crippen LogP contribution in [0.15, 0.2) is 182 Å². The number of benzene rings is 9. The summed E-state index contributed by atoms with van der Waals surface area (Å²) in [5.74, 6) is 0. The minimum Gasteiger partial charge on any atom is -0.237 e. The third-order valence-corrected chi connectivity index (χ3v) is 12.7. The lowest BCUT2D eigenvalue weighted by molar-refractivity contribution is 0.795. The van der Waals surface area contributed by atoms with E-state index >= 15 is 0 Å². The van der Waals surface area contributed by atoms with Crippen LogP contribution in [0.3, 0.4) is 0 Å². The van der Waals surface area contributed by atoms with E-state index in [-0.39, 0.29) is 0 Å². The van der Waals surface area contributed by atoms with E-state index in [1.54, 1.807) is 0 Å². The van der Waals surface area contributed by atoms with Gasteiger partial charge in [0.05, 0.1) is 16.8 Å². The Bertz CT molecular complexity index is 3170. The molecule has 2 nitrogen and oxygen atoms in total. The third-order valence-electron chi connectivity index (χ3n) is 12.7. The Morgan fingerprint density at radius 2 is 0.946 bits per heavy atom. The molecule has 1 spiro atoms. The second-order valence-electron chi connectivity index (χ2n) is 15.4. The summed E-state index contributed by atoms with van der Waals surface area (Å²) in [6.45, 7) is 4.36. The number of hydrogen-bond donors (Lipinski definition) is 0. The van der Waals surface area contributed by atoms with Crippen LogP contribution in [0, 0.1) is 13.8 Å². The summed E-state index contributed by atoms with van der Waals surface area (Å²) in [5.41, 5.74) is 18.5. The molecule has 0 N–H and O–H groups in total. The van der Waals surface area contributed by atoms with Crippen molar-refractivity contribution in [1.82, 2.24) is 9.78 Å². The van der Waals surface area contributed by atoms with Crippen LogP contribution in [0.5, 0.6) is 0 Å².